The zero-order chi connectivity index (χ0) is 23.2. The monoisotopic (exact) mass is 608 g/mol. The molecule has 0 aliphatic carbocycles. The van der Waals surface area contributed by atoms with Crippen molar-refractivity contribution in [1.82, 2.24) is 9.97 Å². The zero-order valence-electron chi connectivity index (χ0n) is 17.8. The first-order valence-corrected chi connectivity index (χ1v) is 10.9. The van der Waals surface area contributed by atoms with Gasteiger partial charge in [-0.2, -0.15) is 0 Å². The molecule has 174 valence electrons. The van der Waals surface area contributed by atoms with Gasteiger partial charge in [-0.15, -0.1) is 0 Å². The van der Waals surface area contributed by atoms with Gasteiger partial charge in [-0.1, -0.05) is 28.3 Å². The average Bonchev–Trinajstić information content (AvgIpc) is 2.82. The second kappa shape index (κ2) is 12.0. The summed E-state index contributed by atoms with van der Waals surface area (Å²) in [6.07, 6.45) is 4.66. The van der Waals surface area contributed by atoms with Crippen molar-refractivity contribution in [2.75, 3.05) is 6.54 Å². The maximum atomic E-state index is 12.6. The number of hydrogen-bond donors (Lipinski definition) is 1. The van der Waals surface area contributed by atoms with E-state index in [4.69, 9.17) is 33.5 Å². The second-order valence-corrected chi connectivity index (χ2v) is 8.13. The van der Waals surface area contributed by atoms with Crippen LogP contribution in [0.2, 0.25) is 10.0 Å². The van der Waals surface area contributed by atoms with Crippen molar-refractivity contribution in [3.63, 3.8) is 0 Å². The summed E-state index contributed by atoms with van der Waals surface area (Å²) in [6, 6.07) is 14.1. The topological polar surface area (TPSA) is 108 Å². The summed E-state index contributed by atoms with van der Waals surface area (Å²) < 4.78 is 8.06. The molecule has 0 atom stereocenters. The molecule has 0 aliphatic heterocycles. The lowest BCUT2D eigenvalue weighted by atomic mass is 10.1. The molecular weight excluding hydrogens is 590 g/mol. The Morgan fingerprint density at radius 3 is 2.59 bits per heavy atom. The highest BCUT2D eigenvalue weighted by Gasteiger charge is 2.13. The van der Waals surface area contributed by atoms with Crippen LogP contribution in [-0.2, 0) is 13.2 Å². The Hall–Kier alpha value is -2.85. The van der Waals surface area contributed by atoms with E-state index in [2.05, 4.69) is 20.0 Å². The first-order chi connectivity index (χ1) is 16.0. The number of aromatic amines is 1. The fraction of sp³-hybridized carbons (Fsp3) is 0.174. The van der Waals surface area contributed by atoms with Gasteiger partial charge in [0.25, 0.3) is 5.56 Å². The van der Waals surface area contributed by atoms with E-state index < -0.39 is 0 Å². The van der Waals surface area contributed by atoms with Gasteiger partial charge in [0.15, 0.2) is 12.4 Å². The smallest absolute Gasteiger partial charge is 0.259 e. The van der Waals surface area contributed by atoms with Crippen LogP contribution >= 0.6 is 23.2 Å². The van der Waals surface area contributed by atoms with Crippen LogP contribution in [0.4, 0.5) is 0 Å². The molecule has 0 fully saturated rings. The molecular formula is C23H19Cl2IN6O2. The highest BCUT2D eigenvalue weighted by molar-refractivity contribution is 6.31. The number of aromatic nitrogens is 3. The van der Waals surface area contributed by atoms with Crippen molar-refractivity contribution >= 4 is 34.1 Å². The van der Waals surface area contributed by atoms with Crippen molar-refractivity contribution in [2.24, 2.45) is 5.11 Å². The van der Waals surface area contributed by atoms with Gasteiger partial charge >= 0.3 is 0 Å². The van der Waals surface area contributed by atoms with Gasteiger partial charge in [0, 0.05) is 45.6 Å². The molecule has 2 aromatic heterocycles. The highest BCUT2D eigenvalue weighted by atomic mass is 127. The first kappa shape index (κ1) is 25.8. The van der Waals surface area contributed by atoms with Crippen LogP contribution < -0.4 is 38.8 Å². The number of fused-ring (bicyclic) bond motifs is 1. The van der Waals surface area contributed by atoms with Gasteiger partial charge in [0.05, 0.1) is 16.5 Å². The molecule has 0 bridgehead atoms. The number of hydrogen-bond acceptors (Lipinski definition) is 4. The van der Waals surface area contributed by atoms with E-state index >= 15 is 0 Å². The van der Waals surface area contributed by atoms with Crippen LogP contribution in [-0.4, -0.2) is 16.5 Å². The molecule has 11 heteroatoms. The molecule has 0 spiro atoms. The number of ether oxygens (including phenoxy) is 1. The number of halogens is 3. The van der Waals surface area contributed by atoms with Crippen molar-refractivity contribution in [3.8, 4) is 17.1 Å². The van der Waals surface area contributed by atoms with Crippen LogP contribution in [0.3, 0.4) is 0 Å². The van der Waals surface area contributed by atoms with E-state index in [0.29, 0.717) is 51.2 Å². The number of H-pyrrole nitrogens is 1. The molecule has 4 aromatic rings. The quantitative estimate of drug-likeness (QED) is 0.0829. The lowest BCUT2D eigenvalue weighted by molar-refractivity contribution is -0.697. The molecule has 1 N–H and O–H groups in total. The van der Waals surface area contributed by atoms with Gasteiger partial charge in [0.1, 0.15) is 24.7 Å². The number of nitrogens with zero attached hydrogens (tertiary/aromatic N) is 5. The molecule has 0 amide bonds. The minimum atomic E-state index is -0.295. The predicted molar refractivity (Wildman–Crippen MR) is 127 cm³/mol. The lowest BCUT2D eigenvalue weighted by Crippen LogP contribution is -3.00. The molecule has 0 unspecified atom stereocenters. The fourth-order valence-electron chi connectivity index (χ4n) is 3.31. The Morgan fingerprint density at radius 2 is 1.82 bits per heavy atom. The first-order valence-electron chi connectivity index (χ1n) is 10.1. The van der Waals surface area contributed by atoms with E-state index in [1.54, 1.807) is 36.4 Å². The van der Waals surface area contributed by atoms with Gasteiger partial charge in [0.2, 0.25) is 0 Å². The Morgan fingerprint density at radius 1 is 1.09 bits per heavy atom. The lowest BCUT2D eigenvalue weighted by Gasteiger charge is -2.12. The van der Waals surface area contributed by atoms with Crippen LogP contribution in [0.1, 0.15) is 12.0 Å². The Kier molecular flexibility index (Phi) is 9.12. The second-order valence-electron chi connectivity index (χ2n) is 7.26. The van der Waals surface area contributed by atoms with E-state index in [1.165, 1.54) is 0 Å². The molecule has 0 saturated heterocycles. The molecule has 2 heterocycles. The number of pyridine rings is 1. The largest absolute Gasteiger partial charge is 1.00 e. The fourth-order valence-corrected chi connectivity index (χ4v) is 3.66. The van der Waals surface area contributed by atoms with E-state index in [0.717, 1.165) is 18.5 Å². The summed E-state index contributed by atoms with van der Waals surface area (Å²) in [4.78, 5) is 22.7. The number of aryl methyl sites for hydroxylation is 1. The maximum Gasteiger partial charge on any atom is 0.259 e. The van der Waals surface area contributed by atoms with Crippen molar-refractivity contribution in [1.29, 1.82) is 0 Å². The van der Waals surface area contributed by atoms with E-state index in [9.17, 15) is 4.79 Å². The Bertz CT molecular complexity index is 1410. The number of rotatable bonds is 8. The molecule has 8 nitrogen and oxygen atoms in total. The third-order valence-corrected chi connectivity index (χ3v) is 5.43. The van der Waals surface area contributed by atoms with Crippen molar-refractivity contribution in [2.45, 2.75) is 19.6 Å². The van der Waals surface area contributed by atoms with E-state index in [-0.39, 0.29) is 29.5 Å². The van der Waals surface area contributed by atoms with Gasteiger partial charge in [-0.25, -0.2) is 9.55 Å². The molecule has 0 aliphatic rings. The van der Waals surface area contributed by atoms with Gasteiger partial charge in [-0.3, -0.25) is 4.79 Å². The third kappa shape index (κ3) is 6.38. The van der Waals surface area contributed by atoms with Crippen LogP contribution in [0.25, 0.3) is 32.7 Å². The summed E-state index contributed by atoms with van der Waals surface area (Å²) in [6.45, 7) is 1.54. The summed E-state index contributed by atoms with van der Waals surface area (Å²) in [5.74, 6) is 0.903. The molecule has 34 heavy (non-hydrogen) atoms. The number of benzene rings is 2. The SMILES string of the molecule is [I-].[N-]=[N+]=NCCC[n+]1ccc(COc2ccc(Cl)cc2-c2nc3ccc(Cl)cc3c(=O)[nH]2)cc1. The van der Waals surface area contributed by atoms with Gasteiger partial charge in [-0.05, 0) is 41.9 Å². The molecule has 2 aromatic carbocycles. The van der Waals surface area contributed by atoms with E-state index in [1.807, 2.05) is 29.1 Å². The average molecular weight is 609 g/mol. The molecule has 0 saturated carbocycles. The summed E-state index contributed by atoms with van der Waals surface area (Å²) in [7, 11) is 0. The Labute approximate surface area is 222 Å². The van der Waals surface area contributed by atoms with Crippen molar-refractivity contribution in [3.05, 3.63) is 97.3 Å². The summed E-state index contributed by atoms with van der Waals surface area (Å²) in [5.41, 5.74) is 10.1. The minimum Gasteiger partial charge on any atom is -1.00 e. The van der Waals surface area contributed by atoms with Gasteiger partial charge < -0.3 is 33.7 Å². The van der Waals surface area contributed by atoms with Crippen LogP contribution in [0, 0.1) is 0 Å². The number of azide groups is 1. The third-order valence-electron chi connectivity index (χ3n) is 4.96. The maximum absolute atomic E-state index is 12.6. The summed E-state index contributed by atoms with van der Waals surface area (Å²) >= 11 is 12.2. The number of nitrogens with one attached hydrogen (secondary N) is 1. The summed E-state index contributed by atoms with van der Waals surface area (Å²) in [5, 5.41) is 4.91. The normalized spacial score (nSPS) is 10.4. The molecule has 4 rings (SSSR count). The zero-order valence-corrected chi connectivity index (χ0v) is 21.5. The van der Waals surface area contributed by atoms with Crippen molar-refractivity contribution < 1.29 is 33.3 Å². The predicted octanol–water partition coefficient (Wildman–Crippen LogP) is 2.47. The highest BCUT2D eigenvalue weighted by Crippen LogP contribution is 2.31. The Balaban J connectivity index is 0.00000324. The minimum absolute atomic E-state index is 0. The van der Waals surface area contributed by atoms with Crippen LogP contribution in [0.15, 0.2) is 70.8 Å². The molecule has 0 radical (unpaired) electrons. The van der Waals surface area contributed by atoms with Crippen LogP contribution in [0.5, 0.6) is 5.75 Å². The standard InChI is InChI=1S/C23H18Cl2N6O2.HI/c24-16-2-4-20-18(12-16)23(32)29-22(28-20)19-13-17(25)3-5-21(19)33-14-15-6-10-31(11-7-15)9-1-8-27-30-26;/h2-7,10-13H,1,8-9,14H2;1H.